The van der Waals surface area contributed by atoms with E-state index in [1.54, 1.807) is 6.92 Å². The van der Waals surface area contributed by atoms with Gasteiger partial charge in [-0.05, 0) is 50.3 Å². The minimum atomic E-state index is -0.297. The first kappa shape index (κ1) is 13.1. The van der Waals surface area contributed by atoms with Crippen molar-refractivity contribution in [2.75, 3.05) is 18.0 Å². The molecule has 0 aliphatic carbocycles. The summed E-state index contributed by atoms with van der Waals surface area (Å²) in [5, 5.41) is 0. The van der Waals surface area contributed by atoms with Gasteiger partial charge in [-0.3, -0.25) is 4.79 Å². The number of nitrogens with zero attached hydrogens (tertiary/aromatic N) is 1. The SMILES string of the molecule is CC(=O)c1cc(F)c(C)cc1N1CCC(C)CC1. The molecule has 18 heavy (non-hydrogen) atoms. The maximum absolute atomic E-state index is 13.6. The fourth-order valence-electron chi connectivity index (χ4n) is 2.46. The normalized spacial score (nSPS) is 17.0. The lowest BCUT2D eigenvalue weighted by molar-refractivity contribution is 0.101. The summed E-state index contributed by atoms with van der Waals surface area (Å²) in [4.78, 5) is 13.9. The van der Waals surface area contributed by atoms with Gasteiger partial charge < -0.3 is 4.90 Å². The van der Waals surface area contributed by atoms with E-state index in [1.807, 2.05) is 6.07 Å². The molecule has 0 aromatic heterocycles. The summed E-state index contributed by atoms with van der Waals surface area (Å²) < 4.78 is 13.6. The summed E-state index contributed by atoms with van der Waals surface area (Å²) in [6.45, 7) is 7.40. The van der Waals surface area contributed by atoms with Gasteiger partial charge in [0.1, 0.15) is 5.82 Å². The van der Waals surface area contributed by atoms with E-state index >= 15 is 0 Å². The Labute approximate surface area is 108 Å². The van der Waals surface area contributed by atoms with Crippen LogP contribution >= 0.6 is 0 Å². The van der Waals surface area contributed by atoms with E-state index in [-0.39, 0.29) is 11.6 Å². The molecule has 98 valence electrons. The number of anilines is 1. The van der Waals surface area contributed by atoms with E-state index < -0.39 is 0 Å². The Morgan fingerprint density at radius 3 is 2.50 bits per heavy atom. The van der Waals surface area contributed by atoms with Gasteiger partial charge in [0.15, 0.2) is 5.78 Å². The fraction of sp³-hybridized carbons (Fsp3) is 0.533. The Morgan fingerprint density at radius 1 is 1.33 bits per heavy atom. The number of carbonyl (C=O) groups is 1. The Kier molecular flexibility index (Phi) is 3.69. The molecule has 1 aliphatic rings. The predicted molar refractivity (Wildman–Crippen MR) is 71.8 cm³/mol. The standard InChI is InChI=1S/C15H20FNO/c1-10-4-6-17(7-5-10)15-8-11(2)14(16)9-13(15)12(3)18/h8-10H,4-7H2,1-3H3. The van der Waals surface area contributed by atoms with Gasteiger partial charge in [0.2, 0.25) is 0 Å². The largest absolute Gasteiger partial charge is 0.371 e. The molecule has 0 saturated carbocycles. The van der Waals surface area contributed by atoms with Crippen molar-refractivity contribution in [2.45, 2.75) is 33.6 Å². The molecule has 0 unspecified atom stereocenters. The van der Waals surface area contributed by atoms with Crippen LogP contribution in [0.2, 0.25) is 0 Å². The molecule has 2 nitrogen and oxygen atoms in total. The average Bonchev–Trinajstić information content (AvgIpc) is 2.33. The number of hydrogen-bond donors (Lipinski definition) is 0. The van der Waals surface area contributed by atoms with E-state index in [2.05, 4.69) is 11.8 Å². The van der Waals surface area contributed by atoms with E-state index in [9.17, 15) is 9.18 Å². The molecule has 0 atom stereocenters. The Balaban J connectivity index is 2.36. The first-order valence-electron chi connectivity index (χ1n) is 6.55. The molecular weight excluding hydrogens is 229 g/mol. The second-order valence-electron chi connectivity index (χ2n) is 5.34. The highest BCUT2D eigenvalue weighted by Gasteiger charge is 2.21. The molecule has 1 aliphatic heterocycles. The third kappa shape index (κ3) is 2.55. The Hall–Kier alpha value is -1.38. The van der Waals surface area contributed by atoms with Crippen molar-refractivity contribution in [1.29, 1.82) is 0 Å². The lowest BCUT2D eigenvalue weighted by atomic mass is 9.97. The number of ketones is 1. The lowest BCUT2D eigenvalue weighted by Crippen LogP contribution is -2.33. The number of carbonyl (C=O) groups excluding carboxylic acids is 1. The van der Waals surface area contributed by atoms with Gasteiger partial charge in [-0.1, -0.05) is 6.92 Å². The lowest BCUT2D eigenvalue weighted by Gasteiger charge is -2.33. The third-order valence-corrected chi connectivity index (χ3v) is 3.78. The topological polar surface area (TPSA) is 20.3 Å². The fourth-order valence-corrected chi connectivity index (χ4v) is 2.46. The van der Waals surface area contributed by atoms with Crippen molar-refractivity contribution in [3.8, 4) is 0 Å². The molecule has 1 saturated heterocycles. The first-order chi connectivity index (χ1) is 8.49. The first-order valence-corrected chi connectivity index (χ1v) is 6.55. The van der Waals surface area contributed by atoms with E-state index in [0.717, 1.165) is 37.5 Å². The molecule has 1 fully saturated rings. The zero-order valence-corrected chi connectivity index (χ0v) is 11.3. The number of hydrogen-bond acceptors (Lipinski definition) is 2. The molecule has 1 heterocycles. The van der Waals surface area contributed by atoms with E-state index in [4.69, 9.17) is 0 Å². The summed E-state index contributed by atoms with van der Waals surface area (Å²) in [6, 6.07) is 3.19. The highest BCUT2D eigenvalue weighted by Crippen LogP contribution is 2.28. The number of rotatable bonds is 2. The van der Waals surface area contributed by atoms with Crippen LogP contribution in [0, 0.1) is 18.7 Å². The van der Waals surface area contributed by atoms with Gasteiger partial charge >= 0.3 is 0 Å². The Bertz CT molecular complexity index is 462. The van der Waals surface area contributed by atoms with Gasteiger partial charge in [-0.2, -0.15) is 0 Å². The van der Waals surface area contributed by atoms with Crippen LogP contribution in [0.5, 0.6) is 0 Å². The molecule has 1 aromatic carbocycles. The zero-order valence-electron chi connectivity index (χ0n) is 11.3. The summed E-state index contributed by atoms with van der Waals surface area (Å²) in [6.07, 6.45) is 2.27. The number of aryl methyl sites for hydroxylation is 1. The van der Waals surface area contributed by atoms with Crippen molar-refractivity contribution < 1.29 is 9.18 Å². The van der Waals surface area contributed by atoms with Gasteiger partial charge in [-0.25, -0.2) is 4.39 Å². The molecule has 1 aromatic rings. The van der Waals surface area contributed by atoms with E-state index in [1.165, 1.54) is 13.0 Å². The molecule has 2 rings (SSSR count). The molecule has 0 N–H and O–H groups in total. The van der Waals surface area contributed by atoms with Gasteiger partial charge in [0.25, 0.3) is 0 Å². The third-order valence-electron chi connectivity index (χ3n) is 3.78. The number of piperidine rings is 1. The number of Topliss-reactive ketones (excluding diaryl/α,β-unsaturated/α-hetero) is 1. The van der Waals surface area contributed by atoms with Crippen LogP contribution in [-0.4, -0.2) is 18.9 Å². The van der Waals surface area contributed by atoms with Crippen LogP contribution in [0.4, 0.5) is 10.1 Å². The molecule has 0 bridgehead atoms. The van der Waals surface area contributed by atoms with Crippen LogP contribution in [0.1, 0.15) is 42.6 Å². The molecule has 3 heteroatoms. The average molecular weight is 249 g/mol. The van der Waals surface area contributed by atoms with Crippen molar-refractivity contribution in [3.05, 3.63) is 29.1 Å². The second kappa shape index (κ2) is 5.09. The van der Waals surface area contributed by atoms with Crippen LogP contribution in [0.15, 0.2) is 12.1 Å². The molecule has 0 radical (unpaired) electrons. The minimum absolute atomic E-state index is 0.0671. The van der Waals surface area contributed by atoms with Crippen LogP contribution in [0.3, 0.4) is 0 Å². The van der Waals surface area contributed by atoms with Gasteiger partial charge in [-0.15, -0.1) is 0 Å². The van der Waals surface area contributed by atoms with Crippen molar-refractivity contribution in [1.82, 2.24) is 0 Å². The quantitative estimate of drug-likeness (QED) is 0.747. The molecular formula is C15H20FNO. The zero-order chi connectivity index (χ0) is 13.3. The molecule has 0 spiro atoms. The smallest absolute Gasteiger partial charge is 0.161 e. The maximum Gasteiger partial charge on any atom is 0.161 e. The Morgan fingerprint density at radius 2 is 1.94 bits per heavy atom. The van der Waals surface area contributed by atoms with Crippen molar-refractivity contribution >= 4 is 11.5 Å². The molecule has 0 amide bonds. The number of benzene rings is 1. The monoisotopic (exact) mass is 249 g/mol. The summed E-state index contributed by atoms with van der Waals surface area (Å²) in [5.74, 6) is 0.375. The van der Waals surface area contributed by atoms with Gasteiger partial charge in [0.05, 0.1) is 0 Å². The summed E-state index contributed by atoms with van der Waals surface area (Å²) >= 11 is 0. The van der Waals surface area contributed by atoms with Crippen LogP contribution < -0.4 is 4.90 Å². The highest BCUT2D eigenvalue weighted by molar-refractivity contribution is 6.00. The van der Waals surface area contributed by atoms with Crippen LogP contribution in [0.25, 0.3) is 0 Å². The second-order valence-corrected chi connectivity index (χ2v) is 5.34. The van der Waals surface area contributed by atoms with Gasteiger partial charge in [0, 0.05) is 24.3 Å². The summed E-state index contributed by atoms with van der Waals surface area (Å²) in [5.41, 5.74) is 2.01. The minimum Gasteiger partial charge on any atom is -0.371 e. The highest BCUT2D eigenvalue weighted by atomic mass is 19.1. The summed E-state index contributed by atoms with van der Waals surface area (Å²) in [7, 11) is 0. The van der Waals surface area contributed by atoms with E-state index in [0.29, 0.717) is 11.1 Å². The van der Waals surface area contributed by atoms with Crippen molar-refractivity contribution in [2.24, 2.45) is 5.92 Å². The van der Waals surface area contributed by atoms with Crippen LogP contribution in [-0.2, 0) is 0 Å². The predicted octanol–water partition coefficient (Wildman–Crippen LogP) is 3.57. The number of halogens is 1. The van der Waals surface area contributed by atoms with Crippen molar-refractivity contribution in [3.63, 3.8) is 0 Å². The maximum atomic E-state index is 13.6.